The molecule has 0 radical (unpaired) electrons. The molecule has 2 heteroatoms. The molecule has 1 aliphatic heterocycles. The van der Waals surface area contributed by atoms with Gasteiger partial charge in [-0.2, -0.15) is 0 Å². The van der Waals surface area contributed by atoms with Crippen LogP contribution in [-0.4, -0.2) is 37.6 Å². The first-order chi connectivity index (χ1) is 10.2. The zero-order valence-corrected chi connectivity index (χ0v) is 14.4. The molecule has 2 nitrogen and oxygen atoms in total. The highest BCUT2D eigenvalue weighted by Crippen LogP contribution is 2.42. The van der Waals surface area contributed by atoms with Crippen molar-refractivity contribution >= 4 is 0 Å². The first kappa shape index (κ1) is 15.8. The average molecular weight is 293 g/mol. The zero-order chi connectivity index (χ0) is 14.7. The summed E-state index contributed by atoms with van der Waals surface area (Å²) in [5, 5.41) is 3.53. The summed E-state index contributed by atoms with van der Waals surface area (Å²) >= 11 is 0. The van der Waals surface area contributed by atoms with Crippen molar-refractivity contribution in [2.75, 3.05) is 26.7 Å². The van der Waals surface area contributed by atoms with E-state index in [1.807, 2.05) is 0 Å². The summed E-state index contributed by atoms with van der Waals surface area (Å²) in [5.74, 6) is 1.99. The second kappa shape index (κ2) is 7.00. The highest BCUT2D eigenvalue weighted by Gasteiger charge is 2.40. The molecule has 2 atom stereocenters. The molecular weight excluding hydrogens is 256 g/mol. The van der Waals surface area contributed by atoms with E-state index in [0.717, 1.165) is 17.9 Å². The standard InChI is InChI=1S/C19H36N2/c1-16-9-11-19(12-10-16,14-20-2)15-21-13-5-7-17-6-3-4-8-18(17)21/h16-18,20H,3-15H2,1-2H3. The van der Waals surface area contributed by atoms with Gasteiger partial charge in [-0.25, -0.2) is 0 Å². The van der Waals surface area contributed by atoms with Gasteiger partial charge >= 0.3 is 0 Å². The lowest BCUT2D eigenvalue weighted by Crippen LogP contribution is -2.53. The molecule has 0 amide bonds. The smallest absolute Gasteiger partial charge is 0.0124 e. The van der Waals surface area contributed by atoms with Crippen LogP contribution in [0.25, 0.3) is 0 Å². The van der Waals surface area contributed by atoms with Crippen molar-refractivity contribution < 1.29 is 0 Å². The van der Waals surface area contributed by atoms with Gasteiger partial charge in [-0.1, -0.05) is 32.6 Å². The summed E-state index contributed by atoms with van der Waals surface area (Å²) in [6, 6.07) is 0.931. The lowest BCUT2D eigenvalue weighted by molar-refractivity contribution is 0.00644. The second-order valence-corrected chi connectivity index (χ2v) is 8.44. The number of rotatable bonds is 4. The van der Waals surface area contributed by atoms with E-state index >= 15 is 0 Å². The fourth-order valence-corrected chi connectivity index (χ4v) is 5.50. The summed E-state index contributed by atoms with van der Waals surface area (Å²) in [6.45, 7) is 6.43. The van der Waals surface area contributed by atoms with E-state index in [4.69, 9.17) is 0 Å². The number of likely N-dealkylation sites (tertiary alicyclic amines) is 1. The maximum absolute atomic E-state index is 3.53. The molecule has 0 bridgehead atoms. The molecule has 3 fully saturated rings. The third-order valence-corrected chi connectivity index (χ3v) is 6.78. The van der Waals surface area contributed by atoms with Crippen molar-refractivity contribution in [3.8, 4) is 0 Å². The Hall–Kier alpha value is -0.0800. The molecule has 1 heterocycles. The quantitative estimate of drug-likeness (QED) is 0.840. The van der Waals surface area contributed by atoms with Crippen LogP contribution < -0.4 is 5.32 Å². The van der Waals surface area contributed by atoms with Crippen molar-refractivity contribution in [2.45, 2.75) is 77.2 Å². The van der Waals surface area contributed by atoms with Crippen molar-refractivity contribution in [1.82, 2.24) is 10.2 Å². The van der Waals surface area contributed by atoms with E-state index < -0.39 is 0 Å². The molecule has 2 unspecified atom stereocenters. The summed E-state index contributed by atoms with van der Waals surface area (Å²) in [7, 11) is 2.15. The fourth-order valence-electron chi connectivity index (χ4n) is 5.50. The van der Waals surface area contributed by atoms with E-state index in [9.17, 15) is 0 Å². The normalized spacial score (nSPS) is 41.7. The van der Waals surface area contributed by atoms with Gasteiger partial charge in [0.05, 0.1) is 0 Å². The summed E-state index contributed by atoms with van der Waals surface area (Å²) in [6.07, 6.45) is 14.7. The number of hydrogen-bond donors (Lipinski definition) is 1. The van der Waals surface area contributed by atoms with Crippen LogP contribution in [0.3, 0.4) is 0 Å². The maximum atomic E-state index is 3.53. The van der Waals surface area contributed by atoms with Gasteiger partial charge in [0, 0.05) is 19.1 Å². The number of nitrogens with one attached hydrogen (secondary N) is 1. The Balaban J connectivity index is 1.66. The minimum absolute atomic E-state index is 0.570. The molecule has 0 aromatic heterocycles. The minimum Gasteiger partial charge on any atom is -0.319 e. The number of hydrogen-bond acceptors (Lipinski definition) is 2. The summed E-state index contributed by atoms with van der Waals surface area (Å²) in [4.78, 5) is 2.93. The fraction of sp³-hybridized carbons (Fsp3) is 1.00. The SMILES string of the molecule is CNCC1(CN2CCCC3CCCCC32)CCC(C)CC1. The first-order valence-corrected chi connectivity index (χ1v) is 9.61. The van der Waals surface area contributed by atoms with Crippen molar-refractivity contribution in [1.29, 1.82) is 0 Å². The molecule has 21 heavy (non-hydrogen) atoms. The largest absolute Gasteiger partial charge is 0.319 e. The Morgan fingerprint density at radius 2 is 1.71 bits per heavy atom. The van der Waals surface area contributed by atoms with E-state index in [1.165, 1.54) is 83.8 Å². The molecule has 3 aliphatic rings. The van der Waals surface area contributed by atoms with Crippen LogP contribution in [0.1, 0.15) is 71.1 Å². The van der Waals surface area contributed by atoms with Crippen LogP contribution >= 0.6 is 0 Å². The van der Waals surface area contributed by atoms with Gasteiger partial charge in [-0.3, -0.25) is 4.90 Å². The van der Waals surface area contributed by atoms with Gasteiger partial charge in [0.25, 0.3) is 0 Å². The number of nitrogens with zero attached hydrogens (tertiary/aromatic N) is 1. The Labute approximate surface area is 132 Å². The van der Waals surface area contributed by atoms with Crippen molar-refractivity contribution in [2.24, 2.45) is 17.3 Å². The third-order valence-electron chi connectivity index (χ3n) is 6.78. The van der Waals surface area contributed by atoms with E-state index in [1.54, 1.807) is 0 Å². The molecule has 1 N–H and O–H groups in total. The molecule has 2 aliphatic carbocycles. The van der Waals surface area contributed by atoms with E-state index in [0.29, 0.717) is 5.41 Å². The molecule has 0 aromatic rings. The minimum atomic E-state index is 0.570. The summed E-state index contributed by atoms with van der Waals surface area (Å²) < 4.78 is 0. The van der Waals surface area contributed by atoms with E-state index in [-0.39, 0.29) is 0 Å². The van der Waals surface area contributed by atoms with Gasteiger partial charge in [0.2, 0.25) is 0 Å². The highest BCUT2D eigenvalue weighted by molar-refractivity contribution is 4.94. The van der Waals surface area contributed by atoms with Gasteiger partial charge < -0.3 is 5.32 Å². The van der Waals surface area contributed by atoms with Crippen molar-refractivity contribution in [3.05, 3.63) is 0 Å². The van der Waals surface area contributed by atoms with Crippen LogP contribution in [0.4, 0.5) is 0 Å². The lowest BCUT2D eigenvalue weighted by Gasteiger charge is -2.50. The third kappa shape index (κ3) is 3.64. The average Bonchev–Trinajstić information content (AvgIpc) is 2.51. The van der Waals surface area contributed by atoms with Crippen LogP contribution in [0.2, 0.25) is 0 Å². The zero-order valence-electron chi connectivity index (χ0n) is 14.4. The Morgan fingerprint density at radius 1 is 1.00 bits per heavy atom. The van der Waals surface area contributed by atoms with Crippen molar-refractivity contribution in [3.63, 3.8) is 0 Å². The van der Waals surface area contributed by atoms with Crippen LogP contribution in [-0.2, 0) is 0 Å². The van der Waals surface area contributed by atoms with Crippen LogP contribution in [0.5, 0.6) is 0 Å². The number of piperidine rings is 1. The monoisotopic (exact) mass is 292 g/mol. The number of fused-ring (bicyclic) bond motifs is 1. The highest BCUT2D eigenvalue weighted by atomic mass is 15.2. The van der Waals surface area contributed by atoms with E-state index in [2.05, 4.69) is 24.2 Å². The predicted octanol–water partition coefficient (Wildman–Crippen LogP) is 4.06. The molecule has 2 saturated carbocycles. The molecule has 0 spiro atoms. The Bertz CT molecular complexity index is 318. The summed E-state index contributed by atoms with van der Waals surface area (Å²) in [5.41, 5.74) is 0.570. The van der Waals surface area contributed by atoms with Gasteiger partial charge in [-0.05, 0) is 69.4 Å². The Morgan fingerprint density at radius 3 is 2.48 bits per heavy atom. The molecule has 3 rings (SSSR count). The second-order valence-electron chi connectivity index (χ2n) is 8.44. The first-order valence-electron chi connectivity index (χ1n) is 9.61. The lowest BCUT2D eigenvalue weighted by atomic mass is 9.69. The molecule has 0 aromatic carbocycles. The van der Waals surface area contributed by atoms with Gasteiger partial charge in [-0.15, -0.1) is 0 Å². The van der Waals surface area contributed by atoms with Gasteiger partial charge in [0.15, 0.2) is 0 Å². The molecular formula is C19H36N2. The molecule has 1 saturated heterocycles. The Kier molecular flexibility index (Phi) is 5.27. The molecule has 122 valence electrons. The topological polar surface area (TPSA) is 15.3 Å². The maximum Gasteiger partial charge on any atom is 0.0124 e. The van der Waals surface area contributed by atoms with Crippen LogP contribution in [0.15, 0.2) is 0 Å². The van der Waals surface area contributed by atoms with Crippen LogP contribution in [0, 0.1) is 17.3 Å². The van der Waals surface area contributed by atoms with Gasteiger partial charge in [0.1, 0.15) is 0 Å². The predicted molar refractivity (Wildman–Crippen MR) is 90.5 cm³/mol.